The molecule has 1 aromatic rings. The number of benzene rings is 1. The number of hydrogen-bond acceptors (Lipinski definition) is 1. The number of nitrogens with one attached hydrogen (secondary N) is 1. The molecule has 0 spiro atoms. The van der Waals surface area contributed by atoms with E-state index < -0.39 is 0 Å². The SMILES string of the molecule is C#CCN(CC)C(=O)Nc1ccc(Cl)c(Cl)c1. The van der Waals surface area contributed by atoms with Crippen molar-refractivity contribution in [2.75, 3.05) is 18.4 Å². The number of carbonyl (C=O) groups excluding carboxylic acids is 1. The summed E-state index contributed by atoms with van der Waals surface area (Å²) in [7, 11) is 0. The summed E-state index contributed by atoms with van der Waals surface area (Å²) in [5.74, 6) is 2.42. The van der Waals surface area contributed by atoms with Gasteiger partial charge in [-0.2, -0.15) is 0 Å². The molecule has 0 heterocycles. The topological polar surface area (TPSA) is 32.3 Å². The number of carbonyl (C=O) groups is 1. The number of urea groups is 1. The lowest BCUT2D eigenvalue weighted by Gasteiger charge is -2.18. The second-order valence-corrected chi connectivity index (χ2v) is 4.09. The highest BCUT2D eigenvalue weighted by molar-refractivity contribution is 6.42. The Bertz CT molecular complexity index is 454. The zero-order chi connectivity index (χ0) is 12.8. The lowest BCUT2D eigenvalue weighted by Crippen LogP contribution is -2.35. The van der Waals surface area contributed by atoms with Crippen molar-refractivity contribution in [2.24, 2.45) is 0 Å². The van der Waals surface area contributed by atoms with E-state index in [2.05, 4.69) is 11.2 Å². The van der Waals surface area contributed by atoms with Crippen molar-refractivity contribution in [2.45, 2.75) is 6.92 Å². The predicted molar refractivity (Wildman–Crippen MR) is 71.6 cm³/mol. The zero-order valence-corrected chi connectivity index (χ0v) is 10.8. The molecule has 1 N–H and O–H groups in total. The average molecular weight is 271 g/mol. The van der Waals surface area contributed by atoms with Gasteiger partial charge >= 0.3 is 6.03 Å². The van der Waals surface area contributed by atoms with Gasteiger partial charge in [-0.25, -0.2) is 4.79 Å². The van der Waals surface area contributed by atoms with Crippen LogP contribution in [0.25, 0.3) is 0 Å². The van der Waals surface area contributed by atoms with Crippen LogP contribution < -0.4 is 5.32 Å². The Hall–Kier alpha value is -1.37. The summed E-state index contributed by atoms with van der Waals surface area (Å²) in [4.78, 5) is 13.3. The highest BCUT2D eigenvalue weighted by Gasteiger charge is 2.10. The van der Waals surface area contributed by atoms with Gasteiger partial charge in [0.1, 0.15) is 0 Å². The first-order valence-corrected chi connectivity index (χ1v) is 5.78. The lowest BCUT2D eigenvalue weighted by molar-refractivity contribution is 0.220. The first-order chi connectivity index (χ1) is 8.08. The molecular weight excluding hydrogens is 259 g/mol. The van der Waals surface area contributed by atoms with E-state index in [4.69, 9.17) is 29.6 Å². The van der Waals surface area contributed by atoms with Crippen molar-refractivity contribution < 1.29 is 4.79 Å². The molecule has 17 heavy (non-hydrogen) atoms. The van der Waals surface area contributed by atoms with Crippen LogP contribution in [-0.4, -0.2) is 24.0 Å². The summed E-state index contributed by atoms with van der Waals surface area (Å²) in [6.45, 7) is 2.66. The van der Waals surface area contributed by atoms with Crippen LogP contribution in [0.4, 0.5) is 10.5 Å². The number of amides is 2. The van der Waals surface area contributed by atoms with Crippen LogP contribution in [0.3, 0.4) is 0 Å². The van der Waals surface area contributed by atoms with Gasteiger partial charge in [0.25, 0.3) is 0 Å². The van der Waals surface area contributed by atoms with Crippen LogP contribution in [0.1, 0.15) is 6.92 Å². The number of rotatable bonds is 3. The third kappa shape index (κ3) is 3.85. The van der Waals surface area contributed by atoms with Crippen molar-refractivity contribution in [1.29, 1.82) is 0 Å². The smallest absolute Gasteiger partial charge is 0.314 e. The Balaban J connectivity index is 2.73. The normalized spacial score (nSPS) is 9.53. The summed E-state index contributed by atoms with van der Waals surface area (Å²) >= 11 is 11.6. The van der Waals surface area contributed by atoms with E-state index in [9.17, 15) is 4.79 Å². The maximum atomic E-state index is 11.8. The number of halogens is 2. The molecule has 0 aliphatic rings. The second kappa shape index (κ2) is 6.39. The minimum absolute atomic E-state index is 0.260. The minimum atomic E-state index is -0.260. The minimum Gasteiger partial charge on any atom is -0.314 e. The quantitative estimate of drug-likeness (QED) is 0.839. The summed E-state index contributed by atoms with van der Waals surface area (Å²) in [6.07, 6.45) is 5.17. The zero-order valence-electron chi connectivity index (χ0n) is 9.34. The van der Waals surface area contributed by atoms with E-state index in [0.717, 1.165) is 0 Å². The Morgan fingerprint density at radius 2 is 2.18 bits per heavy atom. The largest absolute Gasteiger partial charge is 0.322 e. The van der Waals surface area contributed by atoms with Gasteiger partial charge in [-0.15, -0.1) is 6.42 Å². The summed E-state index contributed by atoms with van der Waals surface area (Å²) in [5.41, 5.74) is 0.583. The highest BCUT2D eigenvalue weighted by Crippen LogP contribution is 2.25. The van der Waals surface area contributed by atoms with Crippen molar-refractivity contribution in [3.8, 4) is 12.3 Å². The Kier molecular flexibility index (Phi) is 5.14. The molecule has 0 unspecified atom stereocenters. The van der Waals surface area contributed by atoms with Gasteiger partial charge in [-0.1, -0.05) is 29.1 Å². The summed E-state index contributed by atoms with van der Waals surface area (Å²) in [6, 6.07) is 4.63. The molecule has 0 bridgehead atoms. The molecule has 0 saturated carbocycles. The molecule has 3 nitrogen and oxygen atoms in total. The molecule has 0 saturated heterocycles. The van der Waals surface area contributed by atoms with E-state index in [-0.39, 0.29) is 12.6 Å². The fourth-order valence-corrected chi connectivity index (χ4v) is 1.51. The van der Waals surface area contributed by atoms with Crippen LogP contribution in [0.2, 0.25) is 10.0 Å². The van der Waals surface area contributed by atoms with Crippen molar-refractivity contribution in [3.05, 3.63) is 28.2 Å². The molecular formula is C12H12Cl2N2O. The fourth-order valence-electron chi connectivity index (χ4n) is 1.21. The van der Waals surface area contributed by atoms with E-state index in [1.165, 1.54) is 4.90 Å². The van der Waals surface area contributed by atoms with E-state index in [1.54, 1.807) is 18.2 Å². The molecule has 0 aliphatic carbocycles. The van der Waals surface area contributed by atoms with Gasteiger partial charge in [-0.05, 0) is 25.1 Å². The van der Waals surface area contributed by atoms with Crippen molar-refractivity contribution in [3.63, 3.8) is 0 Å². The van der Waals surface area contributed by atoms with Gasteiger partial charge < -0.3 is 10.2 Å². The molecule has 1 rings (SSSR count). The Morgan fingerprint density at radius 3 is 2.71 bits per heavy atom. The number of anilines is 1. The Labute approximate surface area is 111 Å². The van der Waals surface area contributed by atoms with E-state index >= 15 is 0 Å². The third-order valence-corrected chi connectivity index (χ3v) is 2.86. The number of hydrogen-bond donors (Lipinski definition) is 1. The van der Waals surface area contributed by atoms with Gasteiger partial charge in [0.2, 0.25) is 0 Å². The molecule has 1 aromatic carbocycles. The number of nitrogens with zero attached hydrogens (tertiary/aromatic N) is 1. The summed E-state index contributed by atoms with van der Waals surface area (Å²) in [5, 5.41) is 3.53. The molecule has 0 aliphatic heterocycles. The van der Waals surface area contributed by atoms with Gasteiger partial charge in [-0.3, -0.25) is 0 Å². The fraction of sp³-hybridized carbons (Fsp3) is 0.250. The van der Waals surface area contributed by atoms with Gasteiger partial charge in [0.15, 0.2) is 0 Å². The maximum absolute atomic E-state index is 11.8. The van der Waals surface area contributed by atoms with Crippen molar-refractivity contribution >= 4 is 34.9 Å². The van der Waals surface area contributed by atoms with Crippen LogP contribution in [0.15, 0.2) is 18.2 Å². The molecule has 0 atom stereocenters. The third-order valence-electron chi connectivity index (χ3n) is 2.12. The van der Waals surface area contributed by atoms with E-state index in [0.29, 0.717) is 22.3 Å². The average Bonchev–Trinajstić information content (AvgIpc) is 2.30. The van der Waals surface area contributed by atoms with Crippen LogP contribution in [-0.2, 0) is 0 Å². The monoisotopic (exact) mass is 270 g/mol. The standard InChI is InChI=1S/C12H12Cl2N2O/c1-3-7-16(4-2)12(17)15-9-5-6-10(13)11(14)8-9/h1,5-6,8H,4,7H2,2H3,(H,15,17). The molecule has 0 radical (unpaired) electrons. The van der Waals surface area contributed by atoms with Crippen molar-refractivity contribution in [1.82, 2.24) is 4.90 Å². The molecule has 2 amide bonds. The van der Waals surface area contributed by atoms with Gasteiger partial charge in [0.05, 0.1) is 16.6 Å². The van der Waals surface area contributed by atoms with Crippen LogP contribution in [0.5, 0.6) is 0 Å². The highest BCUT2D eigenvalue weighted by atomic mass is 35.5. The first-order valence-electron chi connectivity index (χ1n) is 5.03. The van der Waals surface area contributed by atoms with Gasteiger partial charge in [0, 0.05) is 12.2 Å². The first kappa shape index (κ1) is 13.7. The van der Waals surface area contributed by atoms with E-state index in [1.807, 2.05) is 6.92 Å². The predicted octanol–water partition coefficient (Wildman–Crippen LogP) is 3.48. The van der Waals surface area contributed by atoms with Crippen LogP contribution >= 0.6 is 23.2 Å². The molecule has 90 valence electrons. The number of terminal acetylenes is 1. The molecule has 0 fully saturated rings. The second-order valence-electron chi connectivity index (χ2n) is 3.28. The molecule has 5 heteroatoms. The maximum Gasteiger partial charge on any atom is 0.322 e. The lowest BCUT2D eigenvalue weighted by atomic mass is 10.3. The molecule has 0 aromatic heterocycles. The van der Waals surface area contributed by atoms with Crippen LogP contribution in [0, 0.1) is 12.3 Å². The Morgan fingerprint density at radius 1 is 1.47 bits per heavy atom. The summed E-state index contributed by atoms with van der Waals surface area (Å²) < 4.78 is 0.